The molecule has 0 N–H and O–H groups in total. The van der Waals surface area contributed by atoms with Crippen molar-refractivity contribution < 1.29 is 13.2 Å². The summed E-state index contributed by atoms with van der Waals surface area (Å²) in [5.41, 5.74) is 2.37. The maximum atomic E-state index is 13.5. The van der Waals surface area contributed by atoms with Crippen molar-refractivity contribution in [1.29, 1.82) is 0 Å². The molecule has 158 valence electrons. The summed E-state index contributed by atoms with van der Waals surface area (Å²) in [5, 5.41) is 4.31. The third kappa shape index (κ3) is 3.96. The first-order chi connectivity index (χ1) is 13.9. The number of piperidine rings is 1. The molecule has 9 heteroatoms. The summed E-state index contributed by atoms with van der Waals surface area (Å²) < 4.78 is 36.1. The summed E-state index contributed by atoms with van der Waals surface area (Å²) in [6, 6.07) is 4.12. The van der Waals surface area contributed by atoms with Crippen molar-refractivity contribution in [2.24, 2.45) is 13.0 Å². The van der Waals surface area contributed by atoms with Gasteiger partial charge in [-0.2, -0.15) is 9.40 Å². The number of fused-ring (bicyclic) bond motifs is 1. The van der Waals surface area contributed by atoms with Gasteiger partial charge < -0.3 is 4.74 Å². The van der Waals surface area contributed by atoms with Gasteiger partial charge in [-0.3, -0.25) is 14.6 Å². The van der Waals surface area contributed by atoms with Gasteiger partial charge in [0.1, 0.15) is 4.90 Å². The van der Waals surface area contributed by atoms with E-state index in [1.807, 2.05) is 19.2 Å². The highest BCUT2D eigenvalue weighted by molar-refractivity contribution is 7.89. The Labute approximate surface area is 172 Å². The zero-order valence-corrected chi connectivity index (χ0v) is 18.1. The zero-order chi connectivity index (χ0) is 20.6. The number of ether oxygens (including phenoxy) is 1. The molecule has 2 saturated heterocycles. The Morgan fingerprint density at radius 2 is 2.10 bits per heavy atom. The highest BCUT2D eigenvalue weighted by Gasteiger charge is 2.41. The number of hydrogen-bond acceptors (Lipinski definition) is 6. The van der Waals surface area contributed by atoms with E-state index >= 15 is 0 Å². The van der Waals surface area contributed by atoms with Crippen LogP contribution in [0.15, 0.2) is 29.4 Å². The van der Waals surface area contributed by atoms with Crippen LogP contribution in [0.25, 0.3) is 0 Å². The van der Waals surface area contributed by atoms with E-state index < -0.39 is 10.0 Å². The summed E-state index contributed by atoms with van der Waals surface area (Å²) >= 11 is 0. The second kappa shape index (κ2) is 8.14. The summed E-state index contributed by atoms with van der Waals surface area (Å²) in [6.45, 7) is 7.46. The molecule has 0 amide bonds. The zero-order valence-electron chi connectivity index (χ0n) is 17.3. The van der Waals surface area contributed by atoms with Crippen molar-refractivity contribution in [1.82, 2.24) is 24.0 Å². The molecule has 2 aromatic heterocycles. The standard InChI is InChI=1S/C20H29N5O3S/c1-15-20(16(2)23(3)22-15)29(26,27)25-8-6-18-14-28-10-9-24(19(18)13-25)12-17-5-4-7-21-11-17/h4-5,7,11,18-19H,6,8-10,12-14H2,1-3H3/t18-,19-/m1/s1. The molecule has 8 nitrogen and oxygen atoms in total. The maximum Gasteiger partial charge on any atom is 0.246 e. The molecule has 0 spiro atoms. The fourth-order valence-corrected chi connectivity index (χ4v) is 6.41. The van der Waals surface area contributed by atoms with E-state index in [1.54, 1.807) is 29.2 Å². The molecule has 0 radical (unpaired) electrons. The first kappa shape index (κ1) is 20.5. The predicted molar refractivity (Wildman–Crippen MR) is 109 cm³/mol. The molecule has 4 heterocycles. The van der Waals surface area contributed by atoms with Gasteiger partial charge in [0.25, 0.3) is 0 Å². The van der Waals surface area contributed by atoms with Crippen molar-refractivity contribution in [2.45, 2.75) is 37.8 Å². The summed E-state index contributed by atoms with van der Waals surface area (Å²) in [6.07, 6.45) is 4.44. The van der Waals surface area contributed by atoms with E-state index in [9.17, 15) is 8.42 Å². The van der Waals surface area contributed by atoms with Crippen LogP contribution in [0.4, 0.5) is 0 Å². The Morgan fingerprint density at radius 1 is 1.28 bits per heavy atom. The topological polar surface area (TPSA) is 80.6 Å². The molecule has 0 aliphatic carbocycles. The van der Waals surface area contributed by atoms with Crippen molar-refractivity contribution in [3.8, 4) is 0 Å². The van der Waals surface area contributed by atoms with Crippen LogP contribution >= 0.6 is 0 Å². The average Bonchev–Trinajstić information content (AvgIpc) is 2.85. The van der Waals surface area contributed by atoms with Gasteiger partial charge in [0.15, 0.2) is 0 Å². The molecule has 2 fully saturated rings. The third-order valence-corrected chi connectivity index (χ3v) is 8.28. The molecule has 4 rings (SSSR count). The van der Waals surface area contributed by atoms with E-state index in [2.05, 4.69) is 21.0 Å². The smallest absolute Gasteiger partial charge is 0.246 e. The van der Waals surface area contributed by atoms with Gasteiger partial charge in [-0.05, 0) is 31.9 Å². The lowest BCUT2D eigenvalue weighted by Crippen LogP contribution is -2.54. The van der Waals surface area contributed by atoms with Crippen LogP contribution < -0.4 is 0 Å². The highest BCUT2D eigenvalue weighted by atomic mass is 32.2. The van der Waals surface area contributed by atoms with Gasteiger partial charge in [0.2, 0.25) is 10.0 Å². The van der Waals surface area contributed by atoms with E-state index in [1.165, 1.54) is 0 Å². The van der Waals surface area contributed by atoms with Crippen LogP contribution in [0.2, 0.25) is 0 Å². The molecule has 0 bridgehead atoms. The third-order valence-electron chi connectivity index (χ3n) is 6.16. The summed E-state index contributed by atoms with van der Waals surface area (Å²) in [5.74, 6) is 0.330. The van der Waals surface area contributed by atoms with Crippen molar-refractivity contribution >= 4 is 10.0 Å². The number of rotatable bonds is 4. The minimum absolute atomic E-state index is 0.124. The van der Waals surface area contributed by atoms with Crippen molar-refractivity contribution in [2.75, 3.05) is 32.8 Å². The van der Waals surface area contributed by atoms with Crippen LogP contribution in [-0.4, -0.2) is 71.3 Å². The number of pyridine rings is 1. The second-order valence-corrected chi connectivity index (χ2v) is 9.88. The van der Waals surface area contributed by atoms with Gasteiger partial charge in [-0.25, -0.2) is 8.42 Å². The molecule has 0 unspecified atom stereocenters. The predicted octanol–water partition coefficient (Wildman–Crippen LogP) is 1.34. The number of sulfonamides is 1. The molecule has 2 aliphatic heterocycles. The fraction of sp³-hybridized carbons (Fsp3) is 0.600. The van der Waals surface area contributed by atoms with Gasteiger partial charge in [0, 0.05) is 57.6 Å². The largest absolute Gasteiger partial charge is 0.380 e. The monoisotopic (exact) mass is 419 g/mol. The average molecular weight is 420 g/mol. The molecule has 2 atom stereocenters. The van der Waals surface area contributed by atoms with Gasteiger partial charge in [0.05, 0.1) is 24.6 Å². The van der Waals surface area contributed by atoms with Crippen molar-refractivity contribution in [3.05, 3.63) is 41.5 Å². The van der Waals surface area contributed by atoms with E-state index in [4.69, 9.17) is 4.74 Å². The SMILES string of the molecule is Cc1nn(C)c(C)c1S(=O)(=O)N1CC[C@@H]2COCCN(Cc3cccnc3)[C@@H]2C1. The minimum Gasteiger partial charge on any atom is -0.380 e. The molecule has 2 aromatic rings. The van der Waals surface area contributed by atoms with Crippen molar-refractivity contribution in [3.63, 3.8) is 0 Å². The van der Waals surface area contributed by atoms with Gasteiger partial charge in [-0.1, -0.05) is 6.07 Å². The number of nitrogens with zero attached hydrogens (tertiary/aromatic N) is 5. The molecular formula is C20H29N5O3S. The first-order valence-electron chi connectivity index (χ1n) is 10.1. The minimum atomic E-state index is -3.59. The van der Waals surface area contributed by atoms with Crippen LogP contribution in [-0.2, 0) is 28.4 Å². The Bertz CT molecular complexity index is 960. The normalized spacial score (nSPS) is 24.2. The second-order valence-electron chi connectivity index (χ2n) is 8.01. The Kier molecular flexibility index (Phi) is 5.74. The number of aryl methyl sites for hydroxylation is 2. The Morgan fingerprint density at radius 3 is 2.79 bits per heavy atom. The van der Waals surface area contributed by atoms with Crippen LogP contribution in [0.3, 0.4) is 0 Å². The van der Waals surface area contributed by atoms with Gasteiger partial charge in [-0.15, -0.1) is 0 Å². The van der Waals surface area contributed by atoms with E-state index in [0.717, 1.165) is 25.1 Å². The number of aromatic nitrogens is 3. The molecule has 2 aliphatic rings. The molecule has 0 saturated carbocycles. The summed E-state index contributed by atoms with van der Waals surface area (Å²) in [4.78, 5) is 6.93. The van der Waals surface area contributed by atoms with Crippen LogP contribution in [0, 0.1) is 19.8 Å². The Balaban J connectivity index is 1.60. The first-order valence-corrected chi connectivity index (χ1v) is 11.5. The molecule has 29 heavy (non-hydrogen) atoms. The van der Waals surface area contributed by atoms with Crippen LogP contribution in [0.5, 0.6) is 0 Å². The van der Waals surface area contributed by atoms with Crippen LogP contribution in [0.1, 0.15) is 23.4 Å². The fourth-order valence-electron chi connectivity index (χ4n) is 4.54. The Hall–Kier alpha value is -1.81. The van der Waals surface area contributed by atoms with E-state index in [0.29, 0.717) is 48.5 Å². The lowest BCUT2D eigenvalue weighted by atomic mass is 9.92. The number of hydrogen-bond donors (Lipinski definition) is 0. The van der Waals surface area contributed by atoms with E-state index in [-0.39, 0.29) is 6.04 Å². The quantitative estimate of drug-likeness (QED) is 0.744. The maximum absolute atomic E-state index is 13.5. The molecule has 0 aromatic carbocycles. The summed E-state index contributed by atoms with van der Waals surface area (Å²) in [7, 11) is -1.81. The lowest BCUT2D eigenvalue weighted by molar-refractivity contribution is 0.0766. The lowest BCUT2D eigenvalue weighted by Gasteiger charge is -2.41. The molecular weight excluding hydrogens is 390 g/mol. The highest BCUT2D eigenvalue weighted by Crippen LogP contribution is 2.31. The van der Waals surface area contributed by atoms with Gasteiger partial charge >= 0.3 is 0 Å².